The molecule has 0 aliphatic carbocycles. The predicted octanol–water partition coefficient (Wildman–Crippen LogP) is 2.62. The lowest BCUT2D eigenvalue weighted by Gasteiger charge is -2.19. The molecule has 18 heavy (non-hydrogen) atoms. The van der Waals surface area contributed by atoms with Gasteiger partial charge in [0.05, 0.1) is 19.8 Å². The van der Waals surface area contributed by atoms with Crippen molar-refractivity contribution < 1.29 is 26.2 Å². The van der Waals surface area contributed by atoms with Crippen LogP contribution in [0.25, 0.3) is 0 Å². The van der Waals surface area contributed by atoms with Gasteiger partial charge in [-0.2, -0.15) is 8.42 Å². The largest absolute Gasteiger partial charge is 0.397 e. The van der Waals surface area contributed by atoms with Gasteiger partial charge in [0.1, 0.15) is 0 Å². The zero-order valence-electron chi connectivity index (χ0n) is 10.4. The third-order valence-corrected chi connectivity index (χ3v) is 7.71. The van der Waals surface area contributed by atoms with Crippen molar-refractivity contribution in [2.45, 2.75) is 26.7 Å². The number of rotatable bonds is 11. The Morgan fingerprint density at radius 1 is 1.22 bits per heavy atom. The molecule has 6 nitrogen and oxygen atoms in total. The molecule has 110 valence electrons. The molecule has 0 unspecified atom stereocenters. The maximum atomic E-state index is 10.3. The highest BCUT2D eigenvalue weighted by molar-refractivity contribution is 8.67. The minimum Gasteiger partial charge on any atom is -0.322 e. The third-order valence-electron chi connectivity index (χ3n) is 1.59. The Morgan fingerprint density at radius 3 is 2.22 bits per heavy atom. The second kappa shape index (κ2) is 9.66. The van der Waals surface area contributed by atoms with Gasteiger partial charge in [-0.05, 0) is 38.5 Å². The average molecular weight is 338 g/mol. The van der Waals surface area contributed by atoms with Gasteiger partial charge in [-0.15, -0.1) is 0 Å². The van der Waals surface area contributed by atoms with Gasteiger partial charge in [-0.1, -0.05) is 11.4 Å². The number of unbranched alkanes of at least 4 members (excludes halogenated alkanes) is 1. The van der Waals surface area contributed by atoms with E-state index in [0.717, 1.165) is 0 Å². The van der Waals surface area contributed by atoms with Crippen molar-refractivity contribution >= 4 is 39.3 Å². The Labute approximate surface area is 118 Å². The Hall–Kier alpha value is 0.790. The first-order valence-electron chi connectivity index (χ1n) is 5.48. The summed E-state index contributed by atoms with van der Waals surface area (Å²) in [6.07, 6.45) is 1.22. The summed E-state index contributed by atoms with van der Waals surface area (Å²) in [5, 5.41) is 0. The number of hydrogen-bond donors (Lipinski definition) is 1. The SMILES string of the molecule is CCOP(=S)(OCC)SCCCCOS(=O)(=O)O. The molecule has 10 heteroatoms. The molecule has 0 spiro atoms. The van der Waals surface area contributed by atoms with E-state index in [4.69, 9.17) is 25.4 Å². The van der Waals surface area contributed by atoms with Crippen molar-refractivity contribution in [1.29, 1.82) is 0 Å². The van der Waals surface area contributed by atoms with Crippen LogP contribution in [0.4, 0.5) is 0 Å². The van der Waals surface area contributed by atoms with Crippen LogP contribution >= 0.6 is 17.1 Å². The van der Waals surface area contributed by atoms with Crippen molar-refractivity contribution in [2.75, 3.05) is 25.6 Å². The van der Waals surface area contributed by atoms with Crippen LogP contribution in [0.1, 0.15) is 26.7 Å². The van der Waals surface area contributed by atoms with Crippen molar-refractivity contribution in [3.05, 3.63) is 0 Å². The third kappa shape index (κ3) is 10.7. The van der Waals surface area contributed by atoms with Gasteiger partial charge in [0, 0.05) is 5.75 Å². The zero-order chi connectivity index (χ0) is 14.1. The van der Waals surface area contributed by atoms with Crippen molar-refractivity contribution in [3.63, 3.8) is 0 Å². The second-order valence-corrected chi connectivity index (χ2v) is 10.6. The molecule has 0 saturated heterocycles. The Balaban J connectivity index is 3.77. The van der Waals surface area contributed by atoms with E-state index in [1.807, 2.05) is 13.8 Å². The molecule has 0 atom stereocenters. The van der Waals surface area contributed by atoms with Crippen LogP contribution in [-0.4, -0.2) is 38.5 Å². The van der Waals surface area contributed by atoms with Crippen molar-refractivity contribution in [3.8, 4) is 0 Å². The Morgan fingerprint density at radius 2 is 1.78 bits per heavy atom. The minimum atomic E-state index is -4.33. The second-order valence-electron chi connectivity index (χ2n) is 3.07. The predicted molar refractivity (Wildman–Crippen MR) is 76.7 cm³/mol. The molecule has 0 saturated carbocycles. The van der Waals surface area contributed by atoms with E-state index in [0.29, 0.717) is 31.8 Å². The molecule has 0 bridgehead atoms. The summed E-state index contributed by atoms with van der Waals surface area (Å²) in [6.45, 7) is 4.71. The molecule has 0 amide bonds. The normalized spacial score (nSPS) is 12.8. The molecular weight excluding hydrogens is 319 g/mol. The summed E-state index contributed by atoms with van der Waals surface area (Å²) < 4.78 is 43.9. The molecule has 0 aromatic rings. The quantitative estimate of drug-likeness (QED) is 0.350. The zero-order valence-corrected chi connectivity index (χ0v) is 13.7. The fraction of sp³-hybridized carbons (Fsp3) is 1.00. The first-order valence-corrected chi connectivity index (χ1v) is 11.1. The molecule has 0 aromatic heterocycles. The maximum absolute atomic E-state index is 10.3. The summed E-state index contributed by atoms with van der Waals surface area (Å²) in [6, 6.07) is 0. The fourth-order valence-corrected chi connectivity index (χ4v) is 6.16. The molecule has 0 rings (SSSR count). The van der Waals surface area contributed by atoms with Crippen LogP contribution in [0.3, 0.4) is 0 Å². The average Bonchev–Trinajstić information content (AvgIpc) is 2.22. The monoisotopic (exact) mass is 338 g/mol. The summed E-state index contributed by atoms with van der Waals surface area (Å²) in [7, 11) is -4.33. The maximum Gasteiger partial charge on any atom is 0.397 e. The Kier molecular flexibility index (Phi) is 10.1. The molecule has 0 fully saturated rings. The molecule has 0 heterocycles. The van der Waals surface area contributed by atoms with Gasteiger partial charge in [0.15, 0.2) is 0 Å². The van der Waals surface area contributed by atoms with Crippen LogP contribution in [0.15, 0.2) is 0 Å². The molecule has 0 aliphatic rings. The lowest BCUT2D eigenvalue weighted by atomic mass is 10.4. The highest BCUT2D eigenvalue weighted by Crippen LogP contribution is 2.60. The van der Waals surface area contributed by atoms with Gasteiger partial charge < -0.3 is 9.05 Å². The molecular formula is C8H19O6PS3. The number of hydrogen-bond acceptors (Lipinski definition) is 7. The van der Waals surface area contributed by atoms with E-state index < -0.39 is 16.1 Å². The first kappa shape index (κ1) is 18.8. The van der Waals surface area contributed by atoms with Gasteiger partial charge in [0.2, 0.25) is 5.69 Å². The summed E-state index contributed by atoms with van der Waals surface area (Å²) >= 11 is 6.74. The van der Waals surface area contributed by atoms with Crippen molar-refractivity contribution in [2.24, 2.45) is 0 Å². The summed E-state index contributed by atoms with van der Waals surface area (Å²) in [4.78, 5) is 0. The topological polar surface area (TPSA) is 82.1 Å². The van der Waals surface area contributed by atoms with E-state index in [1.165, 1.54) is 11.4 Å². The fourth-order valence-electron chi connectivity index (χ4n) is 0.973. The first-order chi connectivity index (χ1) is 8.33. The lowest BCUT2D eigenvalue weighted by Crippen LogP contribution is -2.05. The van der Waals surface area contributed by atoms with E-state index in [9.17, 15) is 8.42 Å². The summed E-state index contributed by atoms with van der Waals surface area (Å²) in [5.41, 5.74) is -2.26. The highest BCUT2D eigenvalue weighted by Gasteiger charge is 2.18. The molecule has 1 N–H and O–H groups in total. The smallest absolute Gasteiger partial charge is 0.322 e. The van der Waals surface area contributed by atoms with Crippen molar-refractivity contribution in [1.82, 2.24) is 0 Å². The highest BCUT2D eigenvalue weighted by atomic mass is 32.9. The van der Waals surface area contributed by atoms with Gasteiger partial charge in [0.25, 0.3) is 0 Å². The molecule has 0 aliphatic heterocycles. The van der Waals surface area contributed by atoms with E-state index in [-0.39, 0.29) is 6.61 Å². The Bertz CT molecular complexity index is 348. The van der Waals surface area contributed by atoms with Crippen LogP contribution in [0.5, 0.6) is 0 Å². The lowest BCUT2D eigenvalue weighted by molar-refractivity contribution is 0.264. The van der Waals surface area contributed by atoms with E-state index >= 15 is 0 Å². The van der Waals surface area contributed by atoms with Crippen LogP contribution in [-0.2, 0) is 35.4 Å². The van der Waals surface area contributed by atoms with E-state index in [2.05, 4.69) is 4.18 Å². The molecule has 0 aromatic carbocycles. The van der Waals surface area contributed by atoms with Crippen LogP contribution in [0, 0.1) is 0 Å². The van der Waals surface area contributed by atoms with E-state index in [1.54, 1.807) is 0 Å². The minimum absolute atomic E-state index is 0.0362. The van der Waals surface area contributed by atoms with Gasteiger partial charge in [-0.25, -0.2) is 4.18 Å². The van der Waals surface area contributed by atoms with Gasteiger partial charge >= 0.3 is 10.4 Å². The molecule has 0 radical (unpaired) electrons. The van der Waals surface area contributed by atoms with Crippen LogP contribution < -0.4 is 0 Å². The summed E-state index contributed by atoms with van der Waals surface area (Å²) in [5.74, 6) is 0.701. The standard InChI is InChI=1S/C8H19O6PS3/c1-3-12-15(16,13-4-2)17-8-6-5-7-14-18(9,10)11/h3-8H2,1-2H3,(H,9,10,11). The van der Waals surface area contributed by atoms with Gasteiger partial charge in [-0.3, -0.25) is 4.55 Å². The van der Waals surface area contributed by atoms with Crippen LogP contribution in [0.2, 0.25) is 0 Å².